The van der Waals surface area contributed by atoms with E-state index in [0.29, 0.717) is 5.56 Å². The highest BCUT2D eigenvalue weighted by atomic mass is 16.2. The highest BCUT2D eigenvalue weighted by Crippen LogP contribution is 2.09. The van der Waals surface area contributed by atoms with E-state index in [1.165, 1.54) is 5.56 Å². The topological polar surface area (TPSA) is 58.2 Å². The Hall–Kier alpha value is -1.68. The number of carbonyl (C=O) groups excluding carboxylic acids is 2. The van der Waals surface area contributed by atoms with Crippen LogP contribution < -0.4 is 10.6 Å². The molecule has 4 nitrogen and oxygen atoms in total. The molecule has 1 heterocycles. The second-order valence-corrected chi connectivity index (χ2v) is 5.58. The molecule has 1 aliphatic rings. The maximum absolute atomic E-state index is 12.0. The second kappa shape index (κ2) is 7.93. The van der Waals surface area contributed by atoms with Crippen LogP contribution >= 0.6 is 0 Å². The van der Waals surface area contributed by atoms with Crippen molar-refractivity contribution in [2.45, 2.75) is 45.1 Å². The molecule has 0 aromatic heterocycles. The van der Waals surface area contributed by atoms with Crippen LogP contribution in [0, 0.1) is 0 Å². The lowest BCUT2D eigenvalue weighted by molar-refractivity contribution is -0.121. The third-order valence-corrected chi connectivity index (χ3v) is 3.93. The van der Waals surface area contributed by atoms with Crippen LogP contribution in [0.15, 0.2) is 24.3 Å². The fourth-order valence-corrected chi connectivity index (χ4v) is 2.57. The number of ketones is 1. The first-order valence-electron chi connectivity index (χ1n) is 7.81. The number of amides is 1. The van der Waals surface area contributed by atoms with Crippen molar-refractivity contribution in [2.24, 2.45) is 0 Å². The second-order valence-electron chi connectivity index (χ2n) is 5.58. The SMILES string of the molecule is CCc1ccc(C(=O)CCC(=O)N[C@H]2CCCNC2)cc1. The molecule has 0 saturated carbocycles. The van der Waals surface area contributed by atoms with Crippen LogP contribution in [0.3, 0.4) is 0 Å². The molecule has 1 aromatic carbocycles. The maximum Gasteiger partial charge on any atom is 0.220 e. The Labute approximate surface area is 126 Å². The minimum atomic E-state index is -0.0257. The van der Waals surface area contributed by atoms with E-state index in [1.54, 1.807) is 0 Å². The molecule has 1 aliphatic heterocycles. The van der Waals surface area contributed by atoms with Crippen molar-refractivity contribution in [2.75, 3.05) is 13.1 Å². The molecule has 0 unspecified atom stereocenters. The number of nitrogens with one attached hydrogen (secondary N) is 2. The van der Waals surface area contributed by atoms with Gasteiger partial charge in [0.25, 0.3) is 0 Å². The summed E-state index contributed by atoms with van der Waals surface area (Å²) >= 11 is 0. The smallest absolute Gasteiger partial charge is 0.220 e. The first-order valence-corrected chi connectivity index (χ1v) is 7.81. The van der Waals surface area contributed by atoms with E-state index >= 15 is 0 Å². The molecule has 0 spiro atoms. The van der Waals surface area contributed by atoms with E-state index in [1.807, 2.05) is 24.3 Å². The Balaban J connectivity index is 1.75. The first kappa shape index (κ1) is 15.7. The van der Waals surface area contributed by atoms with Gasteiger partial charge in [-0.1, -0.05) is 31.2 Å². The van der Waals surface area contributed by atoms with E-state index in [2.05, 4.69) is 17.6 Å². The van der Waals surface area contributed by atoms with Gasteiger partial charge in [0.15, 0.2) is 5.78 Å². The Kier molecular flexibility index (Phi) is 5.93. The van der Waals surface area contributed by atoms with Crippen molar-refractivity contribution in [1.82, 2.24) is 10.6 Å². The van der Waals surface area contributed by atoms with Crippen LogP contribution in [0.25, 0.3) is 0 Å². The van der Waals surface area contributed by atoms with Crippen molar-refractivity contribution in [3.8, 4) is 0 Å². The van der Waals surface area contributed by atoms with Gasteiger partial charge in [-0.3, -0.25) is 9.59 Å². The number of rotatable bonds is 6. The van der Waals surface area contributed by atoms with Gasteiger partial charge >= 0.3 is 0 Å². The highest BCUT2D eigenvalue weighted by molar-refractivity contribution is 5.98. The lowest BCUT2D eigenvalue weighted by atomic mass is 10.0. The number of hydrogen-bond donors (Lipinski definition) is 2. The monoisotopic (exact) mass is 288 g/mol. The zero-order valence-electron chi connectivity index (χ0n) is 12.7. The van der Waals surface area contributed by atoms with E-state index < -0.39 is 0 Å². The molecular formula is C17H24N2O2. The quantitative estimate of drug-likeness (QED) is 0.788. The average molecular weight is 288 g/mol. The molecule has 1 saturated heterocycles. The number of Topliss-reactive ketones (excluding diaryl/α,β-unsaturated/α-hetero) is 1. The Bertz CT molecular complexity index is 476. The number of carbonyl (C=O) groups is 2. The van der Waals surface area contributed by atoms with Crippen molar-refractivity contribution < 1.29 is 9.59 Å². The molecule has 0 radical (unpaired) electrons. The summed E-state index contributed by atoms with van der Waals surface area (Å²) in [5.74, 6) is 0.0109. The average Bonchev–Trinajstić information content (AvgIpc) is 2.53. The molecule has 21 heavy (non-hydrogen) atoms. The van der Waals surface area contributed by atoms with Gasteiger partial charge in [0.1, 0.15) is 0 Å². The standard InChI is InChI=1S/C17H24N2O2/c1-2-13-5-7-14(8-6-13)16(20)9-10-17(21)19-15-4-3-11-18-12-15/h5-8,15,18H,2-4,9-12H2,1H3,(H,19,21)/t15-/m0/s1. The fourth-order valence-electron chi connectivity index (χ4n) is 2.57. The molecule has 0 bridgehead atoms. The van der Waals surface area contributed by atoms with Gasteiger partial charge in [0.2, 0.25) is 5.91 Å². The van der Waals surface area contributed by atoms with E-state index in [0.717, 1.165) is 32.4 Å². The summed E-state index contributed by atoms with van der Waals surface area (Å²) in [6, 6.07) is 7.86. The van der Waals surface area contributed by atoms with Crippen LogP contribution in [-0.4, -0.2) is 30.8 Å². The van der Waals surface area contributed by atoms with Crippen LogP contribution in [0.2, 0.25) is 0 Å². The summed E-state index contributed by atoms with van der Waals surface area (Å²) in [4.78, 5) is 23.9. The molecule has 114 valence electrons. The number of aryl methyl sites for hydroxylation is 1. The van der Waals surface area contributed by atoms with Crippen molar-refractivity contribution in [3.63, 3.8) is 0 Å². The number of benzene rings is 1. The van der Waals surface area contributed by atoms with Crippen LogP contribution in [0.5, 0.6) is 0 Å². The van der Waals surface area contributed by atoms with Crippen molar-refractivity contribution in [3.05, 3.63) is 35.4 Å². The summed E-state index contributed by atoms with van der Waals surface area (Å²) in [6.45, 7) is 3.94. The van der Waals surface area contributed by atoms with Crippen LogP contribution in [0.1, 0.15) is 48.5 Å². The van der Waals surface area contributed by atoms with E-state index in [-0.39, 0.29) is 30.6 Å². The minimum Gasteiger partial charge on any atom is -0.352 e. The Morgan fingerprint density at radius 1 is 1.24 bits per heavy atom. The first-order chi connectivity index (χ1) is 10.2. The van der Waals surface area contributed by atoms with Gasteiger partial charge in [-0.25, -0.2) is 0 Å². The molecule has 0 aliphatic carbocycles. The zero-order chi connectivity index (χ0) is 15.1. The largest absolute Gasteiger partial charge is 0.352 e. The van der Waals surface area contributed by atoms with Gasteiger partial charge in [-0.05, 0) is 31.4 Å². The molecule has 2 rings (SSSR count). The molecule has 1 amide bonds. The van der Waals surface area contributed by atoms with Crippen LogP contribution in [-0.2, 0) is 11.2 Å². The number of hydrogen-bond acceptors (Lipinski definition) is 3. The molecule has 1 atom stereocenters. The molecule has 4 heteroatoms. The van der Waals surface area contributed by atoms with E-state index in [9.17, 15) is 9.59 Å². The predicted octanol–water partition coefficient (Wildman–Crippen LogP) is 2.08. The lowest BCUT2D eigenvalue weighted by Gasteiger charge is -2.23. The molecule has 1 fully saturated rings. The predicted molar refractivity (Wildman–Crippen MR) is 83.4 cm³/mol. The van der Waals surface area contributed by atoms with Crippen molar-refractivity contribution in [1.29, 1.82) is 0 Å². The molecule has 2 N–H and O–H groups in total. The molecular weight excluding hydrogens is 264 g/mol. The third-order valence-electron chi connectivity index (χ3n) is 3.93. The lowest BCUT2D eigenvalue weighted by Crippen LogP contribution is -2.45. The van der Waals surface area contributed by atoms with Gasteiger partial charge in [0, 0.05) is 31.0 Å². The normalized spacial score (nSPS) is 18.2. The fraction of sp³-hybridized carbons (Fsp3) is 0.529. The maximum atomic E-state index is 12.0. The summed E-state index contributed by atoms with van der Waals surface area (Å²) in [6.07, 6.45) is 3.62. The number of piperidine rings is 1. The van der Waals surface area contributed by atoms with Gasteiger partial charge in [-0.2, -0.15) is 0 Å². The summed E-state index contributed by atoms with van der Waals surface area (Å²) in [5.41, 5.74) is 1.91. The summed E-state index contributed by atoms with van der Waals surface area (Å²) in [5, 5.41) is 6.25. The van der Waals surface area contributed by atoms with Gasteiger partial charge in [-0.15, -0.1) is 0 Å². The van der Waals surface area contributed by atoms with Gasteiger partial charge in [0.05, 0.1) is 0 Å². The van der Waals surface area contributed by atoms with Crippen LogP contribution in [0.4, 0.5) is 0 Å². The zero-order valence-corrected chi connectivity index (χ0v) is 12.7. The molecule has 1 aromatic rings. The highest BCUT2D eigenvalue weighted by Gasteiger charge is 2.16. The third kappa shape index (κ3) is 4.97. The van der Waals surface area contributed by atoms with Gasteiger partial charge < -0.3 is 10.6 Å². The summed E-state index contributed by atoms with van der Waals surface area (Å²) in [7, 11) is 0. The Morgan fingerprint density at radius 3 is 2.62 bits per heavy atom. The van der Waals surface area contributed by atoms with E-state index in [4.69, 9.17) is 0 Å². The Morgan fingerprint density at radius 2 is 2.00 bits per heavy atom. The van der Waals surface area contributed by atoms with Crippen molar-refractivity contribution >= 4 is 11.7 Å². The summed E-state index contributed by atoms with van der Waals surface area (Å²) < 4.78 is 0. The minimum absolute atomic E-state index is 0.0257.